The van der Waals surface area contributed by atoms with Gasteiger partial charge in [0.1, 0.15) is 5.82 Å². The molecule has 1 N–H and O–H groups in total. The van der Waals surface area contributed by atoms with Crippen molar-refractivity contribution in [1.82, 2.24) is 0 Å². The zero-order chi connectivity index (χ0) is 13.5. The highest BCUT2D eigenvalue weighted by atomic mass is 19.1. The second-order valence-corrected chi connectivity index (χ2v) is 4.12. The lowest BCUT2D eigenvalue weighted by atomic mass is 10.1. The van der Waals surface area contributed by atoms with Crippen LogP contribution in [0.2, 0.25) is 0 Å². The summed E-state index contributed by atoms with van der Waals surface area (Å²) in [6.07, 6.45) is 4.43. The number of hydrogen-bond donors (Lipinski definition) is 1. The standard InChI is InChI=1S/C14H18FNO2/c1-3-4-10-16(2)14-11(8-9-13(17)18)6-5-7-12(14)15/h5-9H,3-4,10H2,1-2H3,(H,17,18)/b9-8+. The molecule has 98 valence electrons. The Bertz CT molecular complexity index is 443. The van der Waals surface area contributed by atoms with Gasteiger partial charge in [0.2, 0.25) is 0 Å². The van der Waals surface area contributed by atoms with Crippen molar-refractivity contribution in [2.75, 3.05) is 18.5 Å². The predicted octanol–water partition coefficient (Wildman–Crippen LogP) is 3.16. The second-order valence-electron chi connectivity index (χ2n) is 4.12. The van der Waals surface area contributed by atoms with Crippen molar-refractivity contribution in [1.29, 1.82) is 0 Å². The Morgan fingerprint density at radius 2 is 2.22 bits per heavy atom. The molecule has 0 heterocycles. The highest BCUT2D eigenvalue weighted by molar-refractivity contribution is 5.87. The molecule has 3 nitrogen and oxygen atoms in total. The average molecular weight is 251 g/mol. The highest BCUT2D eigenvalue weighted by Gasteiger charge is 2.11. The molecule has 0 aliphatic rings. The highest BCUT2D eigenvalue weighted by Crippen LogP contribution is 2.25. The van der Waals surface area contributed by atoms with E-state index in [1.165, 1.54) is 12.1 Å². The lowest BCUT2D eigenvalue weighted by molar-refractivity contribution is -0.131. The van der Waals surface area contributed by atoms with Gasteiger partial charge in [0.25, 0.3) is 0 Å². The van der Waals surface area contributed by atoms with Gasteiger partial charge in [-0.1, -0.05) is 25.5 Å². The maximum Gasteiger partial charge on any atom is 0.328 e. The third-order valence-corrected chi connectivity index (χ3v) is 2.65. The van der Waals surface area contributed by atoms with Crippen molar-refractivity contribution in [3.63, 3.8) is 0 Å². The second kappa shape index (κ2) is 6.79. The Hall–Kier alpha value is -1.84. The van der Waals surface area contributed by atoms with Crippen LogP contribution in [0.25, 0.3) is 6.08 Å². The number of nitrogens with zero attached hydrogens (tertiary/aromatic N) is 1. The maximum atomic E-state index is 13.8. The Balaban J connectivity index is 3.03. The van der Waals surface area contributed by atoms with Crippen LogP contribution < -0.4 is 4.90 Å². The van der Waals surface area contributed by atoms with Gasteiger partial charge >= 0.3 is 5.97 Å². The molecule has 1 aromatic rings. The van der Waals surface area contributed by atoms with Gasteiger partial charge in [-0.25, -0.2) is 9.18 Å². The Morgan fingerprint density at radius 1 is 1.50 bits per heavy atom. The number of rotatable bonds is 6. The third kappa shape index (κ3) is 3.87. The zero-order valence-corrected chi connectivity index (χ0v) is 10.7. The van der Waals surface area contributed by atoms with Crippen molar-refractivity contribution in [2.24, 2.45) is 0 Å². The van der Waals surface area contributed by atoms with Crippen LogP contribution in [0.1, 0.15) is 25.3 Å². The summed E-state index contributed by atoms with van der Waals surface area (Å²) in [4.78, 5) is 12.3. The van der Waals surface area contributed by atoms with E-state index in [1.54, 1.807) is 12.1 Å². The number of aliphatic carboxylic acids is 1. The minimum Gasteiger partial charge on any atom is -0.478 e. The molecule has 18 heavy (non-hydrogen) atoms. The summed E-state index contributed by atoms with van der Waals surface area (Å²) in [5.74, 6) is -1.37. The molecular weight excluding hydrogens is 233 g/mol. The molecule has 0 aromatic heterocycles. The Morgan fingerprint density at radius 3 is 2.83 bits per heavy atom. The van der Waals surface area contributed by atoms with Crippen LogP contribution in [0.5, 0.6) is 0 Å². The summed E-state index contributed by atoms with van der Waals surface area (Å²) in [7, 11) is 1.81. The lowest BCUT2D eigenvalue weighted by Gasteiger charge is -2.21. The minimum absolute atomic E-state index is 0.332. The van der Waals surface area contributed by atoms with Crippen molar-refractivity contribution >= 4 is 17.7 Å². The Labute approximate surface area is 107 Å². The molecule has 0 amide bonds. The first kappa shape index (κ1) is 14.2. The summed E-state index contributed by atoms with van der Waals surface area (Å²) in [5.41, 5.74) is 1.03. The van der Waals surface area contributed by atoms with Crippen LogP contribution in [0.3, 0.4) is 0 Å². The van der Waals surface area contributed by atoms with Crippen LogP contribution >= 0.6 is 0 Å². The van der Waals surface area contributed by atoms with E-state index in [2.05, 4.69) is 6.92 Å². The average Bonchev–Trinajstić information content (AvgIpc) is 2.33. The molecular formula is C14H18FNO2. The molecule has 0 fully saturated rings. The molecule has 0 aliphatic heterocycles. The van der Waals surface area contributed by atoms with E-state index < -0.39 is 5.97 Å². The van der Waals surface area contributed by atoms with E-state index in [1.807, 2.05) is 11.9 Å². The quantitative estimate of drug-likeness (QED) is 0.789. The molecule has 0 unspecified atom stereocenters. The fourth-order valence-electron chi connectivity index (χ4n) is 1.74. The van der Waals surface area contributed by atoms with Gasteiger partial charge in [0, 0.05) is 25.2 Å². The summed E-state index contributed by atoms with van der Waals surface area (Å²) in [6.45, 7) is 2.81. The van der Waals surface area contributed by atoms with E-state index in [0.717, 1.165) is 25.5 Å². The number of anilines is 1. The van der Waals surface area contributed by atoms with Crippen molar-refractivity contribution < 1.29 is 14.3 Å². The number of hydrogen-bond acceptors (Lipinski definition) is 2. The van der Waals surface area contributed by atoms with Crippen molar-refractivity contribution in [3.05, 3.63) is 35.7 Å². The first-order chi connectivity index (χ1) is 8.56. The van der Waals surface area contributed by atoms with Crippen molar-refractivity contribution in [3.8, 4) is 0 Å². The number of carboxylic acids is 1. The van der Waals surface area contributed by atoms with Crippen molar-refractivity contribution in [2.45, 2.75) is 19.8 Å². The maximum absolute atomic E-state index is 13.8. The van der Waals surface area contributed by atoms with Gasteiger partial charge in [-0.3, -0.25) is 0 Å². The number of carboxylic acid groups (broad SMARTS) is 1. The monoisotopic (exact) mass is 251 g/mol. The number of carbonyl (C=O) groups is 1. The molecule has 0 bridgehead atoms. The first-order valence-electron chi connectivity index (χ1n) is 5.97. The largest absolute Gasteiger partial charge is 0.478 e. The lowest BCUT2D eigenvalue weighted by Crippen LogP contribution is -2.20. The van der Waals surface area contributed by atoms with Crippen LogP contribution in [0.4, 0.5) is 10.1 Å². The van der Waals surface area contributed by atoms with Gasteiger partial charge < -0.3 is 10.0 Å². The van der Waals surface area contributed by atoms with E-state index in [4.69, 9.17) is 5.11 Å². The van der Waals surface area contributed by atoms with Gasteiger partial charge in [-0.05, 0) is 18.6 Å². The smallest absolute Gasteiger partial charge is 0.328 e. The minimum atomic E-state index is -1.04. The molecule has 0 saturated heterocycles. The predicted molar refractivity (Wildman–Crippen MR) is 71.2 cm³/mol. The molecule has 0 aliphatic carbocycles. The summed E-state index contributed by atoms with van der Waals surface area (Å²) >= 11 is 0. The number of benzene rings is 1. The van der Waals surface area contributed by atoms with Gasteiger partial charge in [0.05, 0.1) is 5.69 Å². The van der Waals surface area contributed by atoms with Gasteiger partial charge in [0.15, 0.2) is 0 Å². The topological polar surface area (TPSA) is 40.5 Å². The normalized spacial score (nSPS) is 10.8. The molecule has 0 atom stereocenters. The zero-order valence-electron chi connectivity index (χ0n) is 10.7. The van der Waals surface area contributed by atoms with E-state index in [0.29, 0.717) is 11.3 Å². The van der Waals surface area contributed by atoms with E-state index in [9.17, 15) is 9.18 Å². The summed E-state index contributed by atoms with van der Waals surface area (Å²) in [6, 6.07) is 4.67. The number of unbranched alkanes of at least 4 members (excludes halogenated alkanes) is 1. The fourth-order valence-corrected chi connectivity index (χ4v) is 1.74. The molecule has 0 radical (unpaired) electrons. The Kier molecular flexibility index (Phi) is 5.36. The molecule has 1 aromatic carbocycles. The third-order valence-electron chi connectivity index (χ3n) is 2.65. The number of para-hydroxylation sites is 1. The van der Waals surface area contributed by atoms with E-state index >= 15 is 0 Å². The van der Waals surface area contributed by atoms with Crippen LogP contribution in [-0.4, -0.2) is 24.7 Å². The first-order valence-corrected chi connectivity index (χ1v) is 5.97. The SMILES string of the molecule is CCCCN(C)c1c(F)cccc1/C=C/C(=O)O. The van der Waals surface area contributed by atoms with E-state index in [-0.39, 0.29) is 5.82 Å². The van der Waals surface area contributed by atoms with Gasteiger partial charge in [-0.2, -0.15) is 0 Å². The molecule has 0 saturated carbocycles. The van der Waals surface area contributed by atoms with Crippen LogP contribution in [-0.2, 0) is 4.79 Å². The summed E-state index contributed by atoms with van der Waals surface area (Å²) < 4.78 is 13.8. The van der Waals surface area contributed by atoms with Gasteiger partial charge in [-0.15, -0.1) is 0 Å². The number of halogens is 1. The van der Waals surface area contributed by atoms with Crippen LogP contribution in [0.15, 0.2) is 24.3 Å². The van der Waals surface area contributed by atoms with Crippen LogP contribution in [0, 0.1) is 5.82 Å². The molecule has 1 rings (SSSR count). The fraction of sp³-hybridized carbons (Fsp3) is 0.357. The molecule has 0 spiro atoms. The summed E-state index contributed by atoms with van der Waals surface area (Å²) in [5, 5.41) is 8.62. The molecule has 4 heteroatoms.